The smallest absolute Gasteiger partial charge is 0.129 e. The normalized spacial score (nSPS) is 14.8. The highest BCUT2D eigenvalue weighted by molar-refractivity contribution is 6.29. The fraction of sp³-hybridized carbons (Fsp3) is 0.583. The second kappa shape index (κ2) is 6.84. The largest absolute Gasteiger partial charge is 0.393 e. The van der Waals surface area contributed by atoms with Crippen LogP contribution in [0, 0.1) is 0 Å². The molecule has 0 aliphatic rings. The molecule has 0 radical (unpaired) electrons. The molecule has 0 aliphatic heterocycles. The molecule has 1 heterocycles. The topological polar surface area (TPSA) is 45.1 Å². The minimum atomic E-state index is -0.206. The molecule has 0 spiro atoms. The predicted octanol–water partition coefficient (Wildman–Crippen LogP) is 2.55. The Labute approximate surface area is 102 Å². The van der Waals surface area contributed by atoms with E-state index in [1.165, 1.54) is 0 Å². The van der Waals surface area contributed by atoms with E-state index in [2.05, 4.69) is 17.2 Å². The standard InChI is InChI=1S/C12H19ClN2O/c1-3-11(16)6-7-14-9(2)10-4-5-12(13)15-8-10/h4-5,8-9,11,14,16H,3,6-7H2,1-2H3. The summed E-state index contributed by atoms with van der Waals surface area (Å²) in [5, 5.41) is 13.3. The van der Waals surface area contributed by atoms with Crippen LogP contribution in [0.1, 0.15) is 38.3 Å². The van der Waals surface area contributed by atoms with Crippen LogP contribution < -0.4 is 5.32 Å². The van der Waals surface area contributed by atoms with Gasteiger partial charge >= 0.3 is 0 Å². The van der Waals surface area contributed by atoms with E-state index < -0.39 is 0 Å². The lowest BCUT2D eigenvalue weighted by molar-refractivity contribution is 0.159. The molecule has 1 aromatic heterocycles. The lowest BCUT2D eigenvalue weighted by atomic mass is 10.1. The molecule has 3 nitrogen and oxygen atoms in total. The maximum Gasteiger partial charge on any atom is 0.129 e. The monoisotopic (exact) mass is 242 g/mol. The maximum absolute atomic E-state index is 9.41. The van der Waals surface area contributed by atoms with Crippen LogP contribution in [0.4, 0.5) is 0 Å². The van der Waals surface area contributed by atoms with Gasteiger partial charge in [0.05, 0.1) is 6.10 Å². The van der Waals surface area contributed by atoms with Gasteiger partial charge < -0.3 is 10.4 Å². The molecular weight excluding hydrogens is 224 g/mol. The van der Waals surface area contributed by atoms with E-state index in [4.69, 9.17) is 11.6 Å². The van der Waals surface area contributed by atoms with Crippen molar-refractivity contribution in [1.29, 1.82) is 0 Å². The highest BCUT2D eigenvalue weighted by Crippen LogP contribution is 2.13. The van der Waals surface area contributed by atoms with Gasteiger partial charge in [0.15, 0.2) is 0 Å². The molecule has 0 amide bonds. The van der Waals surface area contributed by atoms with Crippen molar-refractivity contribution in [2.45, 2.75) is 38.8 Å². The maximum atomic E-state index is 9.41. The third-order valence-corrected chi connectivity index (χ3v) is 2.87. The number of nitrogens with zero attached hydrogens (tertiary/aromatic N) is 1. The van der Waals surface area contributed by atoms with Crippen molar-refractivity contribution >= 4 is 11.6 Å². The fourth-order valence-electron chi connectivity index (χ4n) is 1.43. The Kier molecular flexibility index (Phi) is 5.74. The summed E-state index contributed by atoms with van der Waals surface area (Å²) in [5.74, 6) is 0. The van der Waals surface area contributed by atoms with Crippen molar-refractivity contribution in [3.63, 3.8) is 0 Å². The van der Waals surface area contributed by atoms with Crippen molar-refractivity contribution in [3.05, 3.63) is 29.0 Å². The van der Waals surface area contributed by atoms with Gasteiger partial charge in [-0.25, -0.2) is 4.98 Å². The number of rotatable bonds is 6. The van der Waals surface area contributed by atoms with Gasteiger partial charge in [-0.2, -0.15) is 0 Å². The summed E-state index contributed by atoms with van der Waals surface area (Å²) in [5.41, 5.74) is 1.11. The summed E-state index contributed by atoms with van der Waals surface area (Å²) < 4.78 is 0. The van der Waals surface area contributed by atoms with Crippen LogP contribution in [0.15, 0.2) is 18.3 Å². The van der Waals surface area contributed by atoms with E-state index in [-0.39, 0.29) is 12.1 Å². The van der Waals surface area contributed by atoms with Crippen molar-refractivity contribution < 1.29 is 5.11 Å². The summed E-state index contributed by atoms with van der Waals surface area (Å²) in [6, 6.07) is 3.98. The van der Waals surface area contributed by atoms with Gasteiger partial charge in [-0.05, 0) is 37.9 Å². The minimum Gasteiger partial charge on any atom is -0.393 e. The molecule has 16 heavy (non-hydrogen) atoms. The van der Waals surface area contributed by atoms with Gasteiger partial charge in [0.25, 0.3) is 0 Å². The van der Waals surface area contributed by atoms with E-state index in [9.17, 15) is 5.11 Å². The van der Waals surface area contributed by atoms with Crippen LogP contribution in [0.25, 0.3) is 0 Å². The molecular formula is C12H19ClN2O. The molecule has 2 N–H and O–H groups in total. The van der Waals surface area contributed by atoms with E-state index >= 15 is 0 Å². The molecule has 1 aromatic rings. The molecule has 2 unspecified atom stereocenters. The van der Waals surface area contributed by atoms with Crippen molar-refractivity contribution in [3.8, 4) is 0 Å². The van der Waals surface area contributed by atoms with Crippen molar-refractivity contribution in [2.75, 3.05) is 6.54 Å². The Balaban J connectivity index is 2.35. The Morgan fingerprint density at radius 3 is 2.81 bits per heavy atom. The van der Waals surface area contributed by atoms with Crippen LogP contribution in [0.2, 0.25) is 5.15 Å². The summed E-state index contributed by atoms with van der Waals surface area (Å²) in [7, 11) is 0. The first-order valence-corrected chi connectivity index (χ1v) is 6.04. The SMILES string of the molecule is CCC(O)CCNC(C)c1ccc(Cl)nc1. The molecule has 4 heteroatoms. The van der Waals surface area contributed by atoms with Crippen LogP contribution in [-0.2, 0) is 0 Å². The van der Waals surface area contributed by atoms with Gasteiger partial charge in [-0.15, -0.1) is 0 Å². The molecule has 0 aromatic carbocycles. The van der Waals surface area contributed by atoms with Crippen LogP contribution >= 0.6 is 11.6 Å². The first kappa shape index (κ1) is 13.4. The molecule has 2 atom stereocenters. The van der Waals surface area contributed by atoms with Gasteiger partial charge in [0, 0.05) is 12.2 Å². The molecule has 0 aliphatic carbocycles. The van der Waals surface area contributed by atoms with Crippen molar-refractivity contribution in [2.24, 2.45) is 0 Å². The van der Waals surface area contributed by atoms with Crippen LogP contribution in [-0.4, -0.2) is 22.7 Å². The molecule has 90 valence electrons. The van der Waals surface area contributed by atoms with E-state index in [0.717, 1.165) is 24.9 Å². The Hall–Kier alpha value is -0.640. The number of aromatic nitrogens is 1. The molecule has 1 rings (SSSR count). The zero-order chi connectivity index (χ0) is 12.0. The molecule has 0 saturated carbocycles. The zero-order valence-electron chi connectivity index (χ0n) is 9.78. The van der Waals surface area contributed by atoms with Gasteiger partial charge in [-0.3, -0.25) is 0 Å². The number of aliphatic hydroxyl groups excluding tert-OH is 1. The first-order valence-electron chi connectivity index (χ1n) is 5.66. The van der Waals surface area contributed by atoms with E-state index in [1.807, 2.05) is 13.0 Å². The highest BCUT2D eigenvalue weighted by Gasteiger charge is 2.06. The Morgan fingerprint density at radius 1 is 1.50 bits per heavy atom. The lowest BCUT2D eigenvalue weighted by Crippen LogP contribution is -2.23. The van der Waals surface area contributed by atoms with E-state index in [1.54, 1.807) is 12.3 Å². The average molecular weight is 243 g/mol. The quantitative estimate of drug-likeness (QED) is 0.754. The second-order valence-corrected chi connectivity index (χ2v) is 4.33. The Bertz CT molecular complexity index is 302. The summed E-state index contributed by atoms with van der Waals surface area (Å²) >= 11 is 5.72. The van der Waals surface area contributed by atoms with Gasteiger partial charge in [0.2, 0.25) is 0 Å². The predicted molar refractivity (Wildman–Crippen MR) is 66.6 cm³/mol. The molecule has 0 bridgehead atoms. The number of hydrogen-bond acceptors (Lipinski definition) is 3. The number of halogens is 1. The minimum absolute atomic E-state index is 0.206. The van der Waals surface area contributed by atoms with Gasteiger partial charge in [-0.1, -0.05) is 24.6 Å². The second-order valence-electron chi connectivity index (χ2n) is 3.94. The third kappa shape index (κ3) is 4.47. The van der Waals surface area contributed by atoms with E-state index in [0.29, 0.717) is 5.15 Å². The number of hydrogen-bond donors (Lipinski definition) is 2. The number of aliphatic hydroxyl groups is 1. The van der Waals surface area contributed by atoms with Crippen LogP contribution in [0.3, 0.4) is 0 Å². The third-order valence-electron chi connectivity index (χ3n) is 2.65. The zero-order valence-corrected chi connectivity index (χ0v) is 10.5. The number of pyridine rings is 1. The van der Waals surface area contributed by atoms with Crippen LogP contribution in [0.5, 0.6) is 0 Å². The van der Waals surface area contributed by atoms with Gasteiger partial charge in [0.1, 0.15) is 5.15 Å². The fourth-order valence-corrected chi connectivity index (χ4v) is 1.54. The first-order chi connectivity index (χ1) is 7.63. The summed E-state index contributed by atoms with van der Waals surface area (Å²) in [4.78, 5) is 4.04. The molecule has 0 saturated heterocycles. The number of nitrogens with one attached hydrogen (secondary N) is 1. The summed E-state index contributed by atoms with van der Waals surface area (Å²) in [6.07, 6.45) is 3.15. The summed E-state index contributed by atoms with van der Waals surface area (Å²) in [6.45, 7) is 4.86. The molecule has 0 fully saturated rings. The van der Waals surface area contributed by atoms with Crippen molar-refractivity contribution in [1.82, 2.24) is 10.3 Å². The average Bonchev–Trinajstić information content (AvgIpc) is 2.29. The highest BCUT2D eigenvalue weighted by atomic mass is 35.5. The Morgan fingerprint density at radius 2 is 2.25 bits per heavy atom. The lowest BCUT2D eigenvalue weighted by Gasteiger charge is -2.15.